The Hall–Kier alpha value is -2.72. The fourth-order valence-electron chi connectivity index (χ4n) is 5.12. The van der Waals surface area contributed by atoms with Crippen LogP contribution >= 0.6 is 0 Å². The second kappa shape index (κ2) is 9.50. The van der Waals surface area contributed by atoms with E-state index in [4.69, 9.17) is 0 Å². The number of amides is 1. The van der Waals surface area contributed by atoms with Crippen molar-refractivity contribution in [2.45, 2.75) is 31.7 Å². The molecule has 0 aliphatic carbocycles. The van der Waals surface area contributed by atoms with Gasteiger partial charge in [0.2, 0.25) is 0 Å². The van der Waals surface area contributed by atoms with Crippen molar-refractivity contribution in [3.05, 3.63) is 58.6 Å². The van der Waals surface area contributed by atoms with Gasteiger partial charge in [0, 0.05) is 39.3 Å². The Bertz CT molecular complexity index is 960. The summed E-state index contributed by atoms with van der Waals surface area (Å²) in [6, 6.07) is 5.31. The van der Waals surface area contributed by atoms with Gasteiger partial charge in [0.15, 0.2) is 6.17 Å². The minimum Gasteiger partial charge on any atom is -0.366 e. The quantitative estimate of drug-likeness (QED) is 0.529. The first-order valence-corrected chi connectivity index (χ1v) is 12.0. The normalized spacial score (nSPS) is 24.1. The van der Waals surface area contributed by atoms with Gasteiger partial charge in [0.25, 0.3) is 5.91 Å². The molecule has 184 valence electrons. The van der Waals surface area contributed by atoms with E-state index >= 15 is 0 Å². The van der Waals surface area contributed by atoms with Crippen LogP contribution in [-0.4, -0.2) is 67.7 Å². The molecule has 0 spiro atoms. The maximum Gasteiger partial charge on any atom is 0.416 e. The number of nitrogens with one attached hydrogen (secondary N) is 4. The molecule has 5 rings (SSSR count). The average molecular weight is 477 g/mol. The van der Waals surface area contributed by atoms with Crippen molar-refractivity contribution >= 4 is 5.91 Å². The summed E-state index contributed by atoms with van der Waals surface area (Å²) in [6.07, 6.45) is -0.320. The van der Waals surface area contributed by atoms with Gasteiger partial charge >= 0.3 is 6.18 Å². The Morgan fingerprint density at radius 3 is 2.38 bits per heavy atom. The van der Waals surface area contributed by atoms with Crippen LogP contribution in [0.5, 0.6) is 0 Å². The minimum absolute atomic E-state index is 0.0159. The molecule has 4 N–H and O–H groups in total. The zero-order valence-corrected chi connectivity index (χ0v) is 19.0. The molecule has 7 nitrogen and oxygen atoms in total. The van der Waals surface area contributed by atoms with Crippen LogP contribution in [0.2, 0.25) is 0 Å². The summed E-state index contributed by atoms with van der Waals surface area (Å²) in [7, 11) is 0. The van der Waals surface area contributed by atoms with Crippen LogP contribution in [0.3, 0.4) is 0 Å². The summed E-state index contributed by atoms with van der Waals surface area (Å²) in [5, 5.41) is 13.5. The van der Waals surface area contributed by atoms with Crippen molar-refractivity contribution < 1.29 is 18.0 Å². The van der Waals surface area contributed by atoms with Gasteiger partial charge in [0.05, 0.1) is 11.3 Å². The number of dihydropyridines is 1. The van der Waals surface area contributed by atoms with Crippen molar-refractivity contribution in [2.24, 2.45) is 5.92 Å². The molecule has 4 aliphatic rings. The van der Waals surface area contributed by atoms with E-state index in [-0.39, 0.29) is 5.91 Å². The lowest BCUT2D eigenvalue weighted by Crippen LogP contribution is -2.55. The fourth-order valence-corrected chi connectivity index (χ4v) is 5.12. The highest BCUT2D eigenvalue weighted by Crippen LogP contribution is 2.29. The van der Waals surface area contributed by atoms with Gasteiger partial charge in [-0.25, -0.2) is 0 Å². The summed E-state index contributed by atoms with van der Waals surface area (Å²) in [5.41, 5.74) is 2.55. The van der Waals surface area contributed by atoms with Crippen molar-refractivity contribution in [1.29, 1.82) is 0 Å². The van der Waals surface area contributed by atoms with E-state index < -0.39 is 17.9 Å². The first-order valence-electron chi connectivity index (χ1n) is 12.0. The summed E-state index contributed by atoms with van der Waals surface area (Å²) in [5.74, 6) is 1.48. The van der Waals surface area contributed by atoms with Gasteiger partial charge < -0.3 is 26.2 Å². The van der Waals surface area contributed by atoms with Crippen LogP contribution in [0.25, 0.3) is 0 Å². The number of nitrogens with zero attached hydrogens (tertiary/aromatic N) is 2. The third-order valence-electron chi connectivity index (χ3n) is 7.14. The zero-order chi connectivity index (χ0) is 23.7. The lowest BCUT2D eigenvalue weighted by Gasteiger charge is -2.36. The summed E-state index contributed by atoms with van der Waals surface area (Å²) in [4.78, 5) is 17.1. The molecule has 0 radical (unpaired) electrons. The van der Waals surface area contributed by atoms with Gasteiger partial charge in [-0.05, 0) is 61.2 Å². The number of rotatable bonds is 4. The maximum absolute atomic E-state index is 13.1. The largest absolute Gasteiger partial charge is 0.416 e. The van der Waals surface area contributed by atoms with Crippen molar-refractivity contribution in [2.75, 3.05) is 45.8 Å². The highest BCUT2D eigenvalue weighted by Gasteiger charge is 2.34. The molecule has 1 aromatic rings. The van der Waals surface area contributed by atoms with E-state index in [0.29, 0.717) is 38.6 Å². The van der Waals surface area contributed by atoms with E-state index in [9.17, 15) is 18.0 Å². The molecule has 1 aromatic carbocycles. The highest BCUT2D eigenvalue weighted by molar-refractivity contribution is 5.83. The maximum atomic E-state index is 13.1. The van der Waals surface area contributed by atoms with Gasteiger partial charge in [0.1, 0.15) is 5.82 Å². The van der Waals surface area contributed by atoms with E-state index in [1.807, 2.05) is 4.90 Å². The van der Waals surface area contributed by atoms with Crippen molar-refractivity contribution in [3.63, 3.8) is 0 Å². The van der Waals surface area contributed by atoms with Crippen LogP contribution in [0, 0.1) is 5.92 Å². The molecule has 2 saturated heterocycles. The Labute approximate surface area is 197 Å². The summed E-state index contributed by atoms with van der Waals surface area (Å²) >= 11 is 0. The lowest BCUT2D eigenvalue weighted by molar-refractivity contribution is -0.137. The number of piperazine rings is 1. The third kappa shape index (κ3) is 5.02. The first-order chi connectivity index (χ1) is 16.4. The number of halogens is 3. The van der Waals surface area contributed by atoms with Gasteiger partial charge in [-0.1, -0.05) is 12.1 Å². The first kappa shape index (κ1) is 23.0. The van der Waals surface area contributed by atoms with Crippen LogP contribution in [0.15, 0.2) is 47.4 Å². The standard InChI is InChI=1S/C24H31F3N6O/c25-24(26,27)19-3-1-16(2-4-19)15-32-9-11-33(12-10-32)23(34)22-30-20-13-18(14-29-21(20)31-22)17-5-7-28-8-6-17/h1-4,13,17,22,28-31H,5-12,14-15H2. The number of allylic oxidation sites excluding steroid dienone is 1. The second-order valence-electron chi connectivity index (χ2n) is 9.40. The number of benzene rings is 1. The Morgan fingerprint density at radius 1 is 1.00 bits per heavy atom. The second-order valence-corrected chi connectivity index (χ2v) is 9.40. The molecule has 1 unspecified atom stereocenters. The molecule has 0 bridgehead atoms. The predicted octanol–water partition coefficient (Wildman–Crippen LogP) is 1.57. The molecular weight excluding hydrogens is 445 g/mol. The Kier molecular flexibility index (Phi) is 6.44. The molecular formula is C24H31F3N6O. The summed E-state index contributed by atoms with van der Waals surface area (Å²) in [6.45, 7) is 6.03. The molecule has 0 saturated carbocycles. The number of carbonyl (C=O) groups is 1. The number of hydrogen-bond acceptors (Lipinski definition) is 6. The molecule has 4 heterocycles. The molecule has 10 heteroatoms. The number of hydrogen-bond donors (Lipinski definition) is 4. The topological polar surface area (TPSA) is 71.7 Å². The predicted molar refractivity (Wildman–Crippen MR) is 122 cm³/mol. The molecule has 0 aromatic heterocycles. The third-order valence-corrected chi connectivity index (χ3v) is 7.14. The number of carbonyl (C=O) groups excluding carboxylic acids is 1. The van der Waals surface area contributed by atoms with Gasteiger partial charge in [-0.2, -0.15) is 13.2 Å². The van der Waals surface area contributed by atoms with E-state index in [1.54, 1.807) is 0 Å². The Balaban J connectivity index is 1.11. The SMILES string of the molecule is O=C(C1NC2=C(NCC(C3CCNCC3)=C2)N1)N1CCN(Cc2ccc(C(F)(F)F)cc2)CC1. The van der Waals surface area contributed by atoms with Crippen molar-refractivity contribution in [3.8, 4) is 0 Å². The van der Waals surface area contributed by atoms with Crippen LogP contribution in [-0.2, 0) is 17.5 Å². The van der Waals surface area contributed by atoms with Crippen molar-refractivity contribution in [1.82, 2.24) is 31.1 Å². The summed E-state index contributed by atoms with van der Waals surface area (Å²) < 4.78 is 38.3. The molecule has 4 aliphatic heterocycles. The average Bonchev–Trinajstić information content (AvgIpc) is 3.28. The Morgan fingerprint density at radius 2 is 1.71 bits per heavy atom. The molecule has 1 atom stereocenters. The van der Waals surface area contributed by atoms with Gasteiger partial charge in [-0.15, -0.1) is 0 Å². The molecule has 34 heavy (non-hydrogen) atoms. The zero-order valence-electron chi connectivity index (χ0n) is 19.0. The monoisotopic (exact) mass is 476 g/mol. The molecule has 1 amide bonds. The fraction of sp³-hybridized carbons (Fsp3) is 0.542. The van der Waals surface area contributed by atoms with Crippen LogP contribution in [0.4, 0.5) is 13.2 Å². The highest BCUT2D eigenvalue weighted by atomic mass is 19.4. The van der Waals surface area contributed by atoms with Crippen LogP contribution in [0.1, 0.15) is 24.0 Å². The van der Waals surface area contributed by atoms with E-state index in [1.165, 1.54) is 17.7 Å². The number of piperidine rings is 1. The molecule has 2 fully saturated rings. The lowest BCUT2D eigenvalue weighted by atomic mass is 9.88. The number of alkyl halides is 3. The minimum atomic E-state index is -4.32. The van der Waals surface area contributed by atoms with E-state index in [0.717, 1.165) is 61.7 Å². The van der Waals surface area contributed by atoms with Gasteiger partial charge in [-0.3, -0.25) is 9.69 Å². The van der Waals surface area contributed by atoms with Crippen LogP contribution < -0.4 is 21.3 Å². The smallest absolute Gasteiger partial charge is 0.366 e. The van der Waals surface area contributed by atoms with E-state index in [2.05, 4.69) is 32.2 Å².